The predicted molar refractivity (Wildman–Crippen MR) is 91.2 cm³/mol. The van der Waals surface area contributed by atoms with Crippen molar-refractivity contribution in [1.29, 1.82) is 0 Å². The smallest absolute Gasteiger partial charge is 0.289 e. The Bertz CT molecular complexity index is 648. The van der Waals surface area contributed by atoms with Gasteiger partial charge in [-0.15, -0.1) is 0 Å². The summed E-state index contributed by atoms with van der Waals surface area (Å²) in [5.41, 5.74) is 0.456. The standard InChI is InChI=1S/C17H20N2O4S/c1-23-14-9-5-2-6-11(14)16(21)18-12-7-3-4-8-13(12)19-15(20)10-24-17(19)22/h2,5-6,9,12-13H,3-4,7-8,10H2,1H3,(H,18,21)/t12-,13-/m1/s1. The number of thioether (sulfide) groups is 1. The van der Waals surface area contributed by atoms with Crippen molar-refractivity contribution in [2.45, 2.75) is 37.8 Å². The van der Waals surface area contributed by atoms with Gasteiger partial charge in [0.05, 0.1) is 30.5 Å². The first-order valence-corrected chi connectivity index (χ1v) is 9.03. The van der Waals surface area contributed by atoms with E-state index >= 15 is 0 Å². The molecule has 2 atom stereocenters. The van der Waals surface area contributed by atoms with Gasteiger partial charge in [0.15, 0.2) is 0 Å². The molecule has 128 valence electrons. The highest BCUT2D eigenvalue weighted by Gasteiger charge is 2.41. The zero-order valence-electron chi connectivity index (χ0n) is 13.5. The van der Waals surface area contributed by atoms with Crippen LogP contribution in [0.15, 0.2) is 24.3 Å². The van der Waals surface area contributed by atoms with Gasteiger partial charge in [0.25, 0.3) is 11.1 Å². The molecular weight excluding hydrogens is 328 g/mol. The third kappa shape index (κ3) is 3.26. The van der Waals surface area contributed by atoms with Crippen LogP contribution < -0.4 is 10.1 Å². The highest BCUT2D eigenvalue weighted by molar-refractivity contribution is 8.14. The van der Waals surface area contributed by atoms with Crippen LogP contribution in [0.1, 0.15) is 36.0 Å². The molecule has 1 N–H and O–H groups in total. The van der Waals surface area contributed by atoms with E-state index in [0.29, 0.717) is 11.3 Å². The summed E-state index contributed by atoms with van der Waals surface area (Å²) >= 11 is 1.04. The lowest BCUT2D eigenvalue weighted by atomic mass is 9.89. The average Bonchev–Trinajstić information content (AvgIpc) is 2.94. The summed E-state index contributed by atoms with van der Waals surface area (Å²) in [4.78, 5) is 38.0. The number of carbonyl (C=O) groups excluding carboxylic acids is 3. The van der Waals surface area contributed by atoms with E-state index in [1.807, 2.05) is 0 Å². The lowest BCUT2D eigenvalue weighted by Gasteiger charge is -2.36. The maximum Gasteiger partial charge on any atom is 0.289 e. The molecular formula is C17H20N2O4S. The third-order valence-corrected chi connectivity index (χ3v) is 5.35. The highest BCUT2D eigenvalue weighted by Crippen LogP contribution is 2.30. The van der Waals surface area contributed by atoms with Gasteiger partial charge in [-0.2, -0.15) is 0 Å². The number of nitrogens with one attached hydrogen (secondary N) is 1. The van der Waals surface area contributed by atoms with Gasteiger partial charge in [0.2, 0.25) is 5.91 Å². The molecule has 0 bridgehead atoms. The molecule has 0 aromatic heterocycles. The Morgan fingerprint density at radius 2 is 2.00 bits per heavy atom. The van der Waals surface area contributed by atoms with Gasteiger partial charge in [-0.3, -0.25) is 19.3 Å². The number of rotatable bonds is 4. The maximum absolute atomic E-state index is 12.6. The summed E-state index contributed by atoms with van der Waals surface area (Å²) in [6, 6.07) is 6.54. The van der Waals surface area contributed by atoms with Gasteiger partial charge >= 0.3 is 0 Å². The van der Waals surface area contributed by atoms with Crippen LogP contribution in [-0.4, -0.2) is 46.9 Å². The number of para-hydroxylation sites is 1. The number of nitrogens with zero attached hydrogens (tertiary/aromatic N) is 1. The summed E-state index contributed by atoms with van der Waals surface area (Å²) in [5, 5.41) is 2.80. The van der Waals surface area contributed by atoms with E-state index in [9.17, 15) is 14.4 Å². The van der Waals surface area contributed by atoms with Gasteiger partial charge < -0.3 is 10.1 Å². The van der Waals surface area contributed by atoms with E-state index in [2.05, 4.69) is 5.32 Å². The van der Waals surface area contributed by atoms with E-state index in [1.54, 1.807) is 24.3 Å². The molecule has 2 fully saturated rings. The van der Waals surface area contributed by atoms with Gasteiger partial charge in [0, 0.05) is 0 Å². The van der Waals surface area contributed by atoms with Crippen molar-refractivity contribution < 1.29 is 19.1 Å². The van der Waals surface area contributed by atoms with Crippen LogP contribution in [0.5, 0.6) is 5.75 Å². The Kier molecular flexibility index (Phi) is 5.08. The fraction of sp³-hybridized carbons (Fsp3) is 0.471. The van der Waals surface area contributed by atoms with Crippen molar-refractivity contribution in [3.63, 3.8) is 0 Å². The number of hydrogen-bond donors (Lipinski definition) is 1. The molecule has 3 amide bonds. The average molecular weight is 348 g/mol. The number of methoxy groups -OCH3 is 1. The summed E-state index contributed by atoms with van der Waals surface area (Å²) in [7, 11) is 1.52. The van der Waals surface area contributed by atoms with E-state index in [-0.39, 0.29) is 34.9 Å². The van der Waals surface area contributed by atoms with E-state index in [0.717, 1.165) is 37.4 Å². The summed E-state index contributed by atoms with van der Waals surface area (Å²) < 4.78 is 5.23. The van der Waals surface area contributed by atoms with Gasteiger partial charge in [0.1, 0.15) is 5.75 Å². The molecule has 6 nitrogen and oxygen atoms in total. The van der Waals surface area contributed by atoms with Crippen molar-refractivity contribution in [2.75, 3.05) is 12.9 Å². The lowest BCUT2D eigenvalue weighted by Crippen LogP contribution is -2.54. The SMILES string of the molecule is COc1ccccc1C(=O)N[C@@H]1CCCC[C@H]1N1C(=O)CSC1=O. The van der Waals surface area contributed by atoms with Crippen molar-refractivity contribution in [3.8, 4) is 5.75 Å². The molecule has 1 saturated carbocycles. The molecule has 3 rings (SSSR count). The molecule has 0 spiro atoms. The first kappa shape index (κ1) is 16.8. The number of imide groups is 1. The van der Waals surface area contributed by atoms with Crippen LogP contribution in [0, 0.1) is 0 Å². The second kappa shape index (κ2) is 7.25. The van der Waals surface area contributed by atoms with Crippen LogP contribution in [-0.2, 0) is 4.79 Å². The molecule has 24 heavy (non-hydrogen) atoms. The van der Waals surface area contributed by atoms with Crippen molar-refractivity contribution in [2.24, 2.45) is 0 Å². The van der Waals surface area contributed by atoms with Crippen LogP contribution in [0.2, 0.25) is 0 Å². The van der Waals surface area contributed by atoms with E-state index < -0.39 is 0 Å². The first-order chi connectivity index (χ1) is 11.6. The minimum Gasteiger partial charge on any atom is -0.496 e. The fourth-order valence-corrected chi connectivity index (χ4v) is 4.11. The molecule has 1 aromatic carbocycles. The van der Waals surface area contributed by atoms with Crippen molar-refractivity contribution >= 4 is 28.8 Å². The monoisotopic (exact) mass is 348 g/mol. The second-order valence-corrected chi connectivity index (χ2v) is 6.88. The first-order valence-electron chi connectivity index (χ1n) is 8.04. The van der Waals surface area contributed by atoms with Crippen LogP contribution in [0.25, 0.3) is 0 Å². The number of carbonyl (C=O) groups is 3. The molecule has 7 heteroatoms. The van der Waals surface area contributed by atoms with Crippen LogP contribution in [0.4, 0.5) is 4.79 Å². The third-order valence-electron chi connectivity index (χ3n) is 4.51. The van der Waals surface area contributed by atoms with Gasteiger partial charge in [-0.05, 0) is 25.0 Å². The number of benzene rings is 1. The predicted octanol–water partition coefficient (Wildman–Crippen LogP) is 2.43. The summed E-state index contributed by atoms with van der Waals surface area (Å²) in [6.07, 6.45) is 3.41. The lowest BCUT2D eigenvalue weighted by molar-refractivity contribution is -0.127. The Balaban J connectivity index is 1.77. The largest absolute Gasteiger partial charge is 0.496 e. The van der Waals surface area contributed by atoms with Crippen molar-refractivity contribution in [1.82, 2.24) is 10.2 Å². The Labute approximate surface area is 144 Å². The number of ether oxygens (including phenoxy) is 1. The van der Waals surface area contributed by atoms with Crippen LogP contribution >= 0.6 is 11.8 Å². The Morgan fingerprint density at radius 1 is 1.25 bits per heavy atom. The Hall–Kier alpha value is -2.02. The second-order valence-electron chi connectivity index (χ2n) is 5.95. The summed E-state index contributed by atoms with van der Waals surface area (Å²) in [5.74, 6) is 0.304. The molecule has 1 aromatic rings. The minimum atomic E-state index is -0.257. The highest BCUT2D eigenvalue weighted by atomic mass is 32.2. The zero-order chi connectivity index (χ0) is 17.1. The topological polar surface area (TPSA) is 75.7 Å². The molecule has 0 radical (unpaired) electrons. The normalized spacial score (nSPS) is 24.1. The van der Waals surface area contributed by atoms with E-state index in [1.165, 1.54) is 12.0 Å². The minimum absolute atomic E-state index is 0.159. The molecule has 1 aliphatic carbocycles. The van der Waals surface area contributed by atoms with Crippen LogP contribution in [0.3, 0.4) is 0 Å². The molecule has 1 saturated heterocycles. The Morgan fingerprint density at radius 3 is 2.71 bits per heavy atom. The summed E-state index contributed by atoms with van der Waals surface area (Å²) in [6.45, 7) is 0. The maximum atomic E-state index is 12.6. The van der Waals surface area contributed by atoms with Gasteiger partial charge in [-0.25, -0.2) is 0 Å². The molecule has 0 unspecified atom stereocenters. The molecule has 1 heterocycles. The zero-order valence-corrected chi connectivity index (χ0v) is 14.3. The van der Waals surface area contributed by atoms with Crippen molar-refractivity contribution in [3.05, 3.63) is 29.8 Å². The van der Waals surface area contributed by atoms with Gasteiger partial charge in [-0.1, -0.05) is 36.7 Å². The number of hydrogen-bond acceptors (Lipinski definition) is 5. The quantitative estimate of drug-likeness (QED) is 0.904. The molecule has 1 aliphatic heterocycles. The molecule has 2 aliphatic rings. The van der Waals surface area contributed by atoms with E-state index in [4.69, 9.17) is 4.74 Å². The fourth-order valence-electron chi connectivity index (χ4n) is 3.35. The number of amides is 3.